The van der Waals surface area contributed by atoms with Gasteiger partial charge in [0.05, 0.1) is 6.21 Å². The van der Waals surface area contributed by atoms with Gasteiger partial charge in [0.15, 0.2) is 0 Å². The fraction of sp³-hybridized carbons (Fsp3) is 0.0625. The molecule has 0 aromatic heterocycles. The minimum atomic E-state index is -0.863. The van der Waals surface area contributed by atoms with Crippen LogP contribution in [-0.2, 0) is 9.59 Å². The molecule has 2 rings (SSSR count). The van der Waals surface area contributed by atoms with E-state index in [9.17, 15) is 9.59 Å². The van der Waals surface area contributed by atoms with Crippen molar-refractivity contribution >= 4 is 51.2 Å². The molecule has 0 saturated carbocycles. The van der Waals surface area contributed by atoms with Crippen molar-refractivity contribution in [2.24, 2.45) is 5.10 Å². The molecule has 0 spiro atoms. The Labute approximate surface area is 146 Å². The number of rotatable bonds is 3. The maximum absolute atomic E-state index is 11.8. The molecular weight excluding hydrogens is 382 g/mol. The van der Waals surface area contributed by atoms with Gasteiger partial charge in [-0.25, -0.2) is 5.43 Å². The minimum Gasteiger partial charge on any atom is -0.317 e. The van der Waals surface area contributed by atoms with Gasteiger partial charge in [0, 0.05) is 15.2 Å². The van der Waals surface area contributed by atoms with Gasteiger partial charge in [-0.05, 0) is 42.3 Å². The van der Waals surface area contributed by atoms with Gasteiger partial charge >= 0.3 is 11.8 Å². The van der Waals surface area contributed by atoms with Crippen LogP contribution in [0.15, 0.2) is 52.0 Å². The molecule has 5 nitrogen and oxygen atoms in total. The van der Waals surface area contributed by atoms with Crippen LogP contribution in [0.4, 0.5) is 5.69 Å². The summed E-state index contributed by atoms with van der Waals surface area (Å²) in [6.07, 6.45) is 1.45. The number of hydrogen-bond acceptors (Lipinski definition) is 3. The Balaban J connectivity index is 1.93. The molecule has 0 radical (unpaired) electrons. The second kappa shape index (κ2) is 7.89. The molecule has 2 amide bonds. The summed E-state index contributed by atoms with van der Waals surface area (Å²) in [5, 5.41) is 6.71. The van der Waals surface area contributed by atoms with Gasteiger partial charge in [0.1, 0.15) is 0 Å². The molecule has 0 unspecified atom stereocenters. The van der Waals surface area contributed by atoms with Crippen LogP contribution in [0.2, 0.25) is 5.02 Å². The second-order valence-electron chi connectivity index (χ2n) is 4.66. The normalized spacial score (nSPS) is 10.6. The zero-order chi connectivity index (χ0) is 16.8. The lowest BCUT2D eigenvalue weighted by Crippen LogP contribution is -2.32. The number of anilines is 1. The quantitative estimate of drug-likeness (QED) is 0.475. The van der Waals surface area contributed by atoms with Gasteiger partial charge in [0.25, 0.3) is 0 Å². The van der Waals surface area contributed by atoms with Crippen molar-refractivity contribution in [1.29, 1.82) is 0 Å². The average molecular weight is 395 g/mol. The second-order valence-corrected chi connectivity index (χ2v) is 6.02. The Morgan fingerprint density at radius 3 is 2.52 bits per heavy atom. The molecule has 7 heteroatoms. The lowest BCUT2D eigenvalue weighted by atomic mass is 10.2. The van der Waals surface area contributed by atoms with E-state index >= 15 is 0 Å². The van der Waals surface area contributed by atoms with E-state index in [0.29, 0.717) is 10.7 Å². The van der Waals surface area contributed by atoms with Crippen molar-refractivity contribution < 1.29 is 9.59 Å². The van der Waals surface area contributed by atoms with Gasteiger partial charge in [0.2, 0.25) is 0 Å². The summed E-state index contributed by atoms with van der Waals surface area (Å²) in [5.41, 5.74) is 4.25. The molecule has 0 fully saturated rings. The van der Waals surface area contributed by atoms with Gasteiger partial charge < -0.3 is 5.32 Å². The number of nitrogens with one attached hydrogen (secondary N) is 2. The highest BCUT2D eigenvalue weighted by atomic mass is 79.9. The molecule has 0 atom stereocenters. The number of hydrogen-bond donors (Lipinski definition) is 2. The molecule has 2 N–H and O–H groups in total. The molecule has 2 aromatic carbocycles. The van der Waals surface area contributed by atoms with Crippen LogP contribution >= 0.6 is 27.5 Å². The Morgan fingerprint density at radius 1 is 1.13 bits per heavy atom. The van der Waals surface area contributed by atoms with Crippen molar-refractivity contribution in [2.75, 3.05) is 5.32 Å². The molecule has 0 heterocycles. The fourth-order valence-electron chi connectivity index (χ4n) is 1.67. The number of amides is 2. The maximum atomic E-state index is 11.8. The van der Waals surface area contributed by atoms with Crippen LogP contribution in [0, 0.1) is 6.92 Å². The molecule has 118 valence electrons. The number of aryl methyl sites for hydroxylation is 1. The van der Waals surface area contributed by atoms with Crippen LogP contribution in [0.25, 0.3) is 0 Å². The number of benzene rings is 2. The monoisotopic (exact) mass is 393 g/mol. The van der Waals surface area contributed by atoms with Crippen molar-refractivity contribution in [3.8, 4) is 0 Å². The third-order valence-corrected chi connectivity index (χ3v) is 3.67. The maximum Gasteiger partial charge on any atom is 0.329 e. The first kappa shape index (κ1) is 17.2. The summed E-state index contributed by atoms with van der Waals surface area (Å²) >= 11 is 9.19. The Morgan fingerprint density at radius 2 is 1.83 bits per heavy atom. The van der Waals surface area contributed by atoms with E-state index in [1.807, 2.05) is 24.3 Å². The van der Waals surface area contributed by atoms with Crippen molar-refractivity contribution in [1.82, 2.24) is 5.43 Å². The first-order chi connectivity index (χ1) is 11.0. The lowest BCUT2D eigenvalue weighted by Gasteiger charge is -2.07. The summed E-state index contributed by atoms with van der Waals surface area (Å²) in [4.78, 5) is 23.5. The number of halogens is 2. The van der Waals surface area contributed by atoms with Gasteiger partial charge in [-0.1, -0.05) is 45.7 Å². The molecule has 23 heavy (non-hydrogen) atoms. The first-order valence-corrected chi connectivity index (χ1v) is 7.79. The average Bonchev–Trinajstić information content (AvgIpc) is 2.52. The lowest BCUT2D eigenvalue weighted by molar-refractivity contribution is -0.136. The molecule has 0 aliphatic carbocycles. The van der Waals surface area contributed by atoms with Gasteiger partial charge in [-0.2, -0.15) is 5.10 Å². The topological polar surface area (TPSA) is 70.6 Å². The predicted octanol–water partition coefficient (Wildman–Crippen LogP) is 3.50. The third kappa shape index (κ3) is 5.19. The molecule has 0 bridgehead atoms. The Kier molecular flexibility index (Phi) is 5.90. The molecule has 0 aliphatic rings. The predicted molar refractivity (Wildman–Crippen MR) is 94.7 cm³/mol. The minimum absolute atomic E-state index is 0.472. The van der Waals surface area contributed by atoms with Crippen molar-refractivity contribution in [2.45, 2.75) is 6.92 Å². The summed E-state index contributed by atoms with van der Waals surface area (Å²) in [6, 6.07) is 12.4. The largest absolute Gasteiger partial charge is 0.329 e. The highest BCUT2D eigenvalue weighted by Gasteiger charge is 2.14. The number of carbonyl (C=O) groups is 2. The van der Waals surface area contributed by atoms with E-state index in [0.717, 1.165) is 15.6 Å². The van der Waals surface area contributed by atoms with Gasteiger partial charge in [-0.15, -0.1) is 0 Å². The summed E-state index contributed by atoms with van der Waals surface area (Å²) in [5.74, 6) is -1.68. The van der Waals surface area contributed by atoms with E-state index in [2.05, 4.69) is 31.8 Å². The number of nitrogens with zero attached hydrogens (tertiary/aromatic N) is 1. The van der Waals surface area contributed by atoms with E-state index in [1.165, 1.54) is 6.21 Å². The highest BCUT2D eigenvalue weighted by Crippen LogP contribution is 2.19. The Hall–Kier alpha value is -2.18. The number of carbonyl (C=O) groups excluding carboxylic acids is 2. The fourth-order valence-corrected chi connectivity index (χ4v) is 2.11. The molecule has 0 aliphatic heterocycles. The van der Waals surface area contributed by atoms with E-state index in [1.54, 1.807) is 25.1 Å². The Bertz CT molecular complexity index is 760. The van der Waals surface area contributed by atoms with Crippen LogP contribution in [0.3, 0.4) is 0 Å². The van der Waals surface area contributed by atoms with Crippen LogP contribution in [0.1, 0.15) is 11.1 Å². The summed E-state index contributed by atoms with van der Waals surface area (Å²) < 4.78 is 0.940. The van der Waals surface area contributed by atoms with E-state index in [4.69, 9.17) is 11.6 Å². The first-order valence-electron chi connectivity index (χ1n) is 6.62. The highest BCUT2D eigenvalue weighted by molar-refractivity contribution is 9.10. The number of hydrazone groups is 1. The third-order valence-electron chi connectivity index (χ3n) is 2.90. The van der Waals surface area contributed by atoms with E-state index in [-0.39, 0.29) is 0 Å². The zero-order valence-electron chi connectivity index (χ0n) is 12.1. The summed E-state index contributed by atoms with van der Waals surface area (Å²) in [7, 11) is 0. The zero-order valence-corrected chi connectivity index (χ0v) is 14.5. The summed E-state index contributed by atoms with van der Waals surface area (Å²) in [6.45, 7) is 1.80. The van der Waals surface area contributed by atoms with Crippen LogP contribution < -0.4 is 10.7 Å². The van der Waals surface area contributed by atoms with Crippen molar-refractivity contribution in [3.05, 3.63) is 63.1 Å². The standard InChI is InChI=1S/C16H13BrClN3O2/c1-10-2-7-13(18)8-14(10)20-15(22)16(23)21-19-9-11-3-5-12(17)6-4-11/h2-9H,1H3,(H,20,22)(H,21,23)/b19-9-. The van der Waals surface area contributed by atoms with E-state index < -0.39 is 11.8 Å². The molecule has 0 saturated heterocycles. The molecule has 2 aromatic rings. The van der Waals surface area contributed by atoms with Crippen molar-refractivity contribution in [3.63, 3.8) is 0 Å². The van der Waals surface area contributed by atoms with Crippen LogP contribution in [0.5, 0.6) is 0 Å². The van der Waals surface area contributed by atoms with Crippen LogP contribution in [-0.4, -0.2) is 18.0 Å². The van der Waals surface area contributed by atoms with Gasteiger partial charge in [-0.3, -0.25) is 9.59 Å². The molecular formula is C16H13BrClN3O2. The SMILES string of the molecule is Cc1ccc(Cl)cc1NC(=O)C(=O)N/N=C\c1ccc(Br)cc1. The smallest absolute Gasteiger partial charge is 0.317 e.